The molecule has 6 unspecified atom stereocenters. The summed E-state index contributed by atoms with van der Waals surface area (Å²) in [5.41, 5.74) is 10.4. The third kappa shape index (κ3) is 5.92. The smallest absolute Gasteiger partial charge is 0.185 e. The zero-order chi connectivity index (χ0) is 24.9. The molecule has 0 aromatic heterocycles. The third-order valence-corrected chi connectivity index (χ3v) is 7.07. The van der Waals surface area contributed by atoms with Crippen LogP contribution in [0.4, 0.5) is 5.69 Å². The van der Waals surface area contributed by atoms with Crippen LogP contribution in [0.1, 0.15) is 54.6 Å². The van der Waals surface area contributed by atoms with E-state index in [1.54, 1.807) is 0 Å². The van der Waals surface area contributed by atoms with Gasteiger partial charge in [0.05, 0.1) is 24.9 Å². The largest absolute Gasteiger partial charge is 0.399 e. The van der Waals surface area contributed by atoms with Crippen LogP contribution in [0.25, 0.3) is 0 Å². The maximum atomic E-state index is 11.0. The second-order valence-corrected chi connectivity index (χ2v) is 9.53. The van der Waals surface area contributed by atoms with Gasteiger partial charge in [0.1, 0.15) is 0 Å². The van der Waals surface area contributed by atoms with Gasteiger partial charge >= 0.3 is 0 Å². The third-order valence-electron chi connectivity index (χ3n) is 7.07. The Morgan fingerprint density at radius 3 is 2.31 bits per heavy atom. The Hall–Kier alpha value is -2.74. The van der Waals surface area contributed by atoms with Crippen molar-refractivity contribution in [1.82, 2.24) is 4.90 Å². The fourth-order valence-corrected chi connectivity index (χ4v) is 4.65. The molecule has 6 nitrogen and oxygen atoms in total. The van der Waals surface area contributed by atoms with Gasteiger partial charge in [-0.25, -0.2) is 0 Å². The van der Waals surface area contributed by atoms with Crippen LogP contribution in [0.3, 0.4) is 0 Å². The van der Waals surface area contributed by atoms with Crippen molar-refractivity contribution in [2.24, 2.45) is 5.92 Å². The van der Waals surface area contributed by atoms with Crippen LogP contribution >= 0.6 is 0 Å². The minimum atomic E-state index is -0.608. The summed E-state index contributed by atoms with van der Waals surface area (Å²) in [6.07, 6.45) is -1.52. The van der Waals surface area contributed by atoms with Crippen molar-refractivity contribution in [1.29, 1.82) is 0 Å². The molecule has 0 saturated carbocycles. The number of nitrogens with zero attached hydrogens (tertiary/aromatic N) is 1. The van der Waals surface area contributed by atoms with Crippen molar-refractivity contribution in [3.63, 3.8) is 0 Å². The van der Waals surface area contributed by atoms with E-state index in [0.717, 1.165) is 22.3 Å². The first-order valence-corrected chi connectivity index (χ1v) is 12.2. The predicted molar refractivity (Wildman–Crippen MR) is 137 cm³/mol. The number of aliphatic hydroxyl groups is 2. The second kappa shape index (κ2) is 11.3. The first kappa shape index (κ1) is 25.4. The highest BCUT2D eigenvalue weighted by Crippen LogP contribution is 2.42. The number of benzene rings is 3. The first-order valence-electron chi connectivity index (χ1n) is 12.2. The molecule has 0 spiro atoms. The molecule has 3 aromatic rings. The lowest BCUT2D eigenvalue weighted by Crippen LogP contribution is -2.46. The highest BCUT2D eigenvalue weighted by Gasteiger charge is 2.39. The topological polar surface area (TPSA) is 88.2 Å². The Labute approximate surface area is 207 Å². The molecule has 6 atom stereocenters. The van der Waals surface area contributed by atoms with Crippen LogP contribution in [0, 0.1) is 5.92 Å². The van der Waals surface area contributed by atoms with E-state index in [0.29, 0.717) is 12.2 Å². The van der Waals surface area contributed by atoms with Gasteiger partial charge in [0, 0.05) is 29.8 Å². The maximum absolute atomic E-state index is 11.0. The average Bonchev–Trinajstić information content (AvgIpc) is 2.89. The van der Waals surface area contributed by atoms with Crippen LogP contribution in [0.2, 0.25) is 0 Å². The summed E-state index contributed by atoms with van der Waals surface area (Å²) >= 11 is 0. The van der Waals surface area contributed by atoms with Crippen LogP contribution in [-0.2, 0) is 16.1 Å². The quantitative estimate of drug-likeness (QED) is 0.412. The van der Waals surface area contributed by atoms with Gasteiger partial charge in [0.15, 0.2) is 6.29 Å². The second-order valence-electron chi connectivity index (χ2n) is 9.53. The van der Waals surface area contributed by atoms with Crippen LogP contribution in [0.15, 0.2) is 78.9 Å². The Kier molecular flexibility index (Phi) is 8.21. The molecule has 1 fully saturated rings. The summed E-state index contributed by atoms with van der Waals surface area (Å²) in [6.45, 7) is 4.80. The fourth-order valence-electron chi connectivity index (χ4n) is 4.65. The summed E-state index contributed by atoms with van der Waals surface area (Å²) in [5.74, 6) is 0.0517. The molecule has 3 aromatic carbocycles. The number of ether oxygens (including phenoxy) is 2. The van der Waals surface area contributed by atoms with Crippen molar-refractivity contribution >= 4 is 5.69 Å². The van der Waals surface area contributed by atoms with Gasteiger partial charge in [-0.15, -0.1) is 0 Å². The number of aliphatic hydroxyl groups excluding tert-OH is 2. The van der Waals surface area contributed by atoms with Crippen molar-refractivity contribution in [3.8, 4) is 0 Å². The van der Waals surface area contributed by atoms with Crippen LogP contribution < -0.4 is 5.73 Å². The highest BCUT2D eigenvalue weighted by molar-refractivity contribution is 5.41. The molecular weight excluding hydrogens is 440 g/mol. The van der Waals surface area contributed by atoms with Gasteiger partial charge in [-0.1, -0.05) is 73.7 Å². The Bertz CT molecular complexity index is 1080. The minimum absolute atomic E-state index is 0.00539. The molecule has 186 valence electrons. The molecule has 4 rings (SSSR count). The lowest BCUT2D eigenvalue weighted by atomic mass is 9.89. The molecular formula is C29H36N2O4. The number of likely N-dealkylation sites (N-methyl/N-ethyl adjacent to an activating group) is 1. The summed E-state index contributed by atoms with van der Waals surface area (Å²) in [7, 11) is 2.02. The van der Waals surface area contributed by atoms with E-state index in [1.165, 1.54) is 0 Å². The molecule has 1 aliphatic heterocycles. The van der Waals surface area contributed by atoms with Crippen molar-refractivity contribution in [2.75, 3.05) is 19.3 Å². The molecule has 1 heterocycles. The average molecular weight is 477 g/mol. The molecule has 6 heteroatoms. The SMILES string of the molecule is CC1C(CN(C)C(C)C(O)c2ccccc2)OC(c2cccc(N)c2)OC1c1ccc(CO)cc1. The standard InChI is InChI=1S/C29H36N2O4/c1-19-26(17-31(3)20(2)27(33)22-8-5-4-6-9-22)34-29(24-10-7-11-25(30)16-24)35-28(19)23-14-12-21(18-32)13-15-23/h4-16,19-20,26-29,32-33H,17-18,30H2,1-3H3. The molecule has 4 N–H and O–H groups in total. The number of rotatable bonds is 8. The highest BCUT2D eigenvalue weighted by atomic mass is 16.7. The molecule has 0 aliphatic carbocycles. The molecule has 1 aliphatic rings. The number of hydrogen-bond acceptors (Lipinski definition) is 6. The summed E-state index contributed by atoms with van der Waals surface area (Å²) < 4.78 is 13.0. The van der Waals surface area contributed by atoms with E-state index in [-0.39, 0.29) is 30.8 Å². The van der Waals surface area contributed by atoms with Gasteiger partial charge in [0.2, 0.25) is 0 Å². The number of hydrogen-bond donors (Lipinski definition) is 3. The molecule has 0 bridgehead atoms. The lowest BCUT2D eigenvalue weighted by Gasteiger charge is -2.43. The van der Waals surface area contributed by atoms with Gasteiger partial charge < -0.3 is 25.4 Å². The minimum Gasteiger partial charge on any atom is -0.399 e. The Morgan fingerprint density at radius 2 is 1.66 bits per heavy atom. The predicted octanol–water partition coefficient (Wildman–Crippen LogP) is 4.61. The van der Waals surface area contributed by atoms with Crippen LogP contribution in [0.5, 0.6) is 0 Å². The van der Waals surface area contributed by atoms with Crippen molar-refractivity contribution in [3.05, 3.63) is 101 Å². The normalized spacial score (nSPS) is 24.3. The number of anilines is 1. The molecule has 35 heavy (non-hydrogen) atoms. The van der Waals surface area contributed by atoms with E-state index < -0.39 is 12.4 Å². The number of nitrogens with two attached hydrogens (primary N) is 1. The van der Waals surface area contributed by atoms with Crippen molar-refractivity contribution in [2.45, 2.75) is 51.1 Å². The molecule has 0 radical (unpaired) electrons. The Morgan fingerprint density at radius 1 is 0.943 bits per heavy atom. The van der Waals surface area contributed by atoms with Gasteiger partial charge in [0.25, 0.3) is 0 Å². The molecule has 1 saturated heterocycles. The lowest BCUT2D eigenvalue weighted by molar-refractivity contribution is -0.276. The van der Waals surface area contributed by atoms with Crippen molar-refractivity contribution < 1.29 is 19.7 Å². The van der Waals surface area contributed by atoms with E-state index in [4.69, 9.17) is 15.2 Å². The van der Waals surface area contributed by atoms with E-state index in [2.05, 4.69) is 11.8 Å². The summed E-state index contributed by atoms with van der Waals surface area (Å²) in [4.78, 5) is 2.15. The van der Waals surface area contributed by atoms with E-state index >= 15 is 0 Å². The summed E-state index contributed by atoms with van der Waals surface area (Å²) in [6, 6.07) is 25.1. The monoisotopic (exact) mass is 476 g/mol. The first-order chi connectivity index (χ1) is 16.9. The van der Waals surface area contributed by atoms with Gasteiger partial charge in [-0.05, 0) is 42.8 Å². The summed E-state index contributed by atoms with van der Waals surface area (Å²) in [5, 5.41) is 20.4. The molecule has 0 amide bonds. The fraction of sp³-hybridized carbons (Fsp3) is 0.379. The zero-order valence-corrected chi connectivity index (χ0v) is 20.6. The van der Waals surface area contributed by atoms with Crippen LogP contribution in [-0.4, -0.2) is 40.9 Å². The van der Waals surface area contributed by atoms with E-state index in [9.17, 15) is 10.2 Å². The van der Waals surface area contributed by atoms with Gasteiger partial charge in [-0.2, -0.15) is 0 Å². The van der Waals surface area contributed by atoms with Gasteiger partial charge in [-0.3, -0.25) is 4.90 Å². The van der Waals surface area contributed by atoms with E-state index in [1.807, 2.05) is 92.8 Å². The number of nitrogen functional groups attached to an aromatic ring is 1. The Balaban J connectivity index is 1.57. The maximum Gasteiger partial charge on any atom is 0.185 e. The zero-order valence-electron chi connectivity index (χ0n) is 20.6.